The minimum atomic E-state index is -0.0765. The summed E-state index contributed by atoms with van der Waals surface area (Å²) >= 11 is 6.14. The van der Waals surface area contributed by atoms with Crippen LogP contribution < -0.4 is 11.3 Å². The van der Waals surface area contributed by atoms with E-state index in [-0.39, 0.29) is 6.04 Å². The van der Waals surface area contributed by atoms with Crippen LogP contribution >= 0.6 is 11.6 Å². The summed E-state index contributed by atoms with van der Waals surface area (Å²) in [5.74, 6) is 7.97. The molecular formula is C11H13ClN2. The Morgan fingerprint density at radius 1 is 1.64 bits per heavy atom. The van der Waals surface area contributed by atoms with E-state index in [2.05, 4.69) is 11.3 Å². The molecule has 3 heteroatoms. The van der Waals surface area contributed by atoms with Crippen molar-refractivity contribution in [3.8, 4) is 12.3 Å². The molecule has 74 valence electrons. The Kier molecular flexibility index (Phi) is 3.97. The van der Waals surface area contributed by atoms with Gasteiger partial charge in [-0.3, -0.25) is 11.3 Å². The van der Waals surface area contributed by atoms with E-state index in [0.29, 0.717) is 6.42 Å². The first-order valence-corrected chi connectivity index (χ1v) is 4.73. The van der Waals surface area contributed by atoms with Gasteiger partial charge in [0.05, 0.1) is 6.04 Å². The first kappa shape index (κ1) is 11.1. The van der Waals surface area contributed by atoms with E-state index in [4.69, 9.17) is 23.9 Å². The third kappa shape index (κ3) is 2.27. The third-order valence-electron chi connectivity index (χ3n) is 2.12. The fourth-order valence-corrected chi connectivity index (χ4v) is 1.57. The molecule has 0 fully saturated rings. The second-order valence-electron chi connectivity index (χ2n) is 3.11. The van der Waals surface area contributed by atoms with Crippen molar-refractivity contribution in [3.05, 3.63) is 34.3 Å². The summed E-state index contributed by atoms with van der Waals surface area (Å²) in [5, 5.41) is 0.728. The number of terminal acetylenes is 1. The molecule has 0 aliphatic carbocycles. The van der Waals surface area contributed by atoms with Gasteiger partial charge in [0.15, 0.2) is 0 Å². The lowest BCUT2D eigenvalue weighted by atomic mass is 10.0. The summed E-state index contributed by atoms with van der Waals surface area (Å²) in [5.41, 5.74) is 4.64. The molecule has 1 atom stereocenters. The van der Waals surface area contributed by atoms with E-state index in [0.717, 1.165) is 16.1 Å². The molecule has 0 aromatic heterocycles. The van der Waals surface area contributed by atoms with E-state index in [9.17, 15) is 0 Å². The zero-order chi connectivity index (χ0) is 10.6. The maximum atomic E-state index is 6.14. The Bertz CT molecular complexity index is 355. The highest BCUT2D eigenvalue weighted by atomic mass is 35.5. The average molecular weight is 209 g/mol. The fourth-order valence-electron chi connectivity index (χ4n) is 1.32. The van der Waals surface area contributed by atoms with Crippen LogP contribution in [0.15, 0.2) is 18.2 Å². The molecule has 1 rings (SSSR count). The van der Waals surface area contributed by atoms with Crippen LogP contribution in [0.4, 0.5) is 0 Å². The van der Waals surface area contributed by atoms with E-state index >= 15 is 0 Å². The predicted molar refractivity (Wildman–Crippen MR) is 59.7 cm³/mol. The molecule has 0 amide bonds. The van der Waals surface area contributed by atoms with Gasteiger partial charge in [-0.1, -0.05) is 29.8 Å². The number of halogens is 1. The van der Waals surface area contributed by atoms with E-state index < -0.39 is 0 Å². The van der Waals surface area contributed by atoms with Crippen LogP contribution in [0.25, 0.3) is 0 Å². The molecule has 0 aliphatic heterocycles. The van der Waals surface area contributed by atoms with Crippen molar-refractivity contribution in [2.24, 2.45) is 5.84 Å². The van der Waals surface area contributed by atoms with Crippen LogP contribution in [0.5, 0.6) is 0 Å². The minimum Gasteiger partial charge on any atom is -0.271 e. The standard InChI is InChI=1S/C11H13ClN2/c1-3-5-10(14-13)9-7-4-6-8(2)11(9)12/h1,4,6-7,10,14H,5,13H2,2H3. The van der Waals surface area contributed by atoms with Gasteiger partial charge in [0, 0.05) is 11.4 Å². The lowest BCUT2D eigenvalue weighted by molar-refractivity contribution is 0.568. The molecule has 0 heterocycles. The summed E-state index contributed by atoms with van der Waals surface area (Å²) in [7, 11) is 0. The number of benzene rings is 1. The Balaban J connectivity index is 3.05. The maximum absolute atomic E-state index is 6.14. The lowest BCUT2D eigenvalue weighted by Gasteiger charge is -2.15. The summed E-state index contributed by atoms with van der Waals surface area (Å²) in [4.78, 5) is 0. The number of rotatable bonds is 3. The average Bonchev–Trinajstić information content (AvgIpc) is 2.19. The maximum Gasteiger partial charge on any atom is 0.0583 e. The van der Waals surface area contributed by atoms with Crippen LogP contribution in [0.2, 0.25) is 5.02 Å². The number of hydrazine groups is 1. The Morgan fingerprint density at radius 2 is 2.36 bits per heavy atom. The van der Waals surface area contributed by atoms with E-state index in [1.54, 1.807) is 0 Å². The normalized spacial score (nSPS) is 12.1. The first-order valence-electron chi connectivity index (χ1n) is 4.35. The van der Waals surface area contributed by atoms with Crippen molar-refractivity contribution in [2.45, 2.75) is 19.4 Å². The van der Waals surface area contributed by atoms with Crippen molar-refractivity contribution >= 4 is 11.6 Å². The van der Waals surface area contributed by atoms with Gasteiger partial charge in [-0.25, -0.2) is 0 Å². The lowest BCUT2D eigenvalue weighted by Crippen LogP contribution is -2.28. The van der Waals surface area contributed by atoms with Crippen molar-refractivity contribution in [1.29, 1.82) is 0 Å². The summed E-state index contributed by atoms with van der Waals surface area (Å²) in [6.45, 7) is 1.95. The summed E-state index contributed by atoms with van der Waals surface area (Å²) in [6.07, 6.45) is 5.77. The molecule has 0 spiro atoms. The van der Waals surface area contributed by atoms with Gasteiger partial charge in [0.2, 0.25) is 0 Å². The van der Waals surface area contributed by atoms with Crippen LogP contribution in [0.1, 0.15) is 23.6 Å². The number of nitrogens with two attached hydrogens (primary N) is 1. The van der Waals surface area contributed by atoms with E-state index in [1.807, 2.05) is 25.1 Å². The molecule has 1 aromatic carbocycles. The summed E-state index contributed by atoms with van der Waals surface area (Å²) < 4.78 is 0. The van der Waals surface area contributed by atoms with Crippen molar-refractivity contribution in [1.82, 2.24) is 5.43 Å². The van der Waals surface area contributed by atoms with Gasteiger partial charge in [0.25, 0.3) is 0 Å². The van der Waals surface area contributed by atoms with Crippen LogP contribution in [0.3, 0.4) is 0 Å². The third-order valence-corrected chi connectivity index (χ3v) is 2.64. The highest BCUT2D eigenvalue weighted by Gasteiger charge is 2.12. The highest BCUT2D eigenvalue weighted by Crippen LogP contribution is 2.27. The number of hydrogen-bond acceptors (Lipinski definition) is 2. The smallest absolute Gasteiger partial charge is 0.0583 e. The molecular weight excluding hydrogens is 196 g/mol. The molecule has 0 radical (unpaired) electrons. The predicted octanol–water partition coefficient (Wildman–Crippen LogP) is 2.18. The second kappa shape index (κ2) is 5.02. The Labute approximate surface area is 89.4 Å². The Morgan fingerprint density at radius 3 is 2.93 bits per heavy atom. The molecule has 0 saturated heterocycles. The topological polar surface area (TPSA) is 38.0 Å². The second-order valence-corrected chi connectivity index (χ2v) is 3.48. The SMILES string of the molecule is C#CCC(NN)c1cccc(C)c1Cl. The zero-order valence-electron chi connectivity index (χ0n) is 8.05. The van der Waals surface area contributed by atoms with Crippen molar-refractivity contribution in [2.75, 3.05) is 0 Å². The number of hydrogen-bond donors (Lipinski definition) is 2. The van der Waals surface area contributed by atoms with Crippen LogP contribution in [-0.4, -0.2) is 0 Å². The van der Waals surface area contributed by atoms with Gasteiger partial charge >= 0.3 is 0 Å². The van der Waals surface area contributed by atoms with Crippen molar-refractivity contribution in [3.63, 3.8) is 0 Å². The summed E-state index contributed by atoms with van der Waals surface area (Å²) in [6, 6.07) is 5.75. The molecule has 0 bridgehead atoms. The molecule has 0 aliphatic rings. The zero-order valence-corrected chi connectivity index (χ0v) is 8.81. The van der Waals surface area contributed by atoms with Gasteiger partial charge in [0.1, 0.15) is 0 Å². The molecule has 1 aromatic rings. The fraction of sp³-hybridized carbons (Fsp3) is 0.273. The Hall–Kier alpha value is -1.01. The highest BCUT2D eigenvalue weighted by molar-refractivity contribution is 6.32. The molecule has 14 heavy (non-hydrogen) atoms. The molecule has 1 unspecified atom stereocenters. The van der Waals surface area contributed by atoms with Crippen LogP contribution in [-0.2, 0) is 0 Å². The van der Waals surface area contributed by atoms with E-state index in [1.165, 1.54) is 0 Å². The minimum absolute atomic E-state index is 0.0765. The van der Waals surface area contributed by atoms with Gasteiger partial charge in [-0.05, 0) is 18.1 Å². The molecule has 2 nitrogen and oxygen atoms in total. The quantitative estimate of drug-likeness (QED) is 0.454. The van der Waals surface area contributed by atoms with Crippen molar-refractivity contribution < 1.29 is 0 Å². The van der Waals surface area contributed by atoms with Gasteiger partial charge < -0.3 is 0 Å². The largest absolute Gasteiger partial charge is 0.271 e. The van der Waals surface area contributed by atoms with Crippen LogP contribution in [0, 0.1) is 19.3 Å². The number of aryl methyl sites for hydroxylation is 1. The molecule has 0 saturated carbocycles. The van der Waals surface area contributed by atoms with Gasteiger partial charge in [-0.15, -0.1) is 12.3 Å². The van der Waals surface area contributed by atoms with Gasteiger partial charge in [-0.2, -0.15) is 0 Å². The monoisotopic (exact) mass is 208 g/mol. The number of nitrogens with one attached hydrogen (secondary N) is 1. The molecule has 3 N–H and O–H groups in total. The first-order chi connectivity index (χ1) is 6.70.